The standard InChI is InChI=1S/C9H12N2O/c1-9(2,11-7-12)8-5-3-4-6-10-8/h3-7H,1-2H3,(H,11,12). The smallest absolute Gasteiger partial charge is 0.207 e. The zero-order chi connectivity index (χ0) is 9.03. The lowest BCUT2D eigenvalue weighted by Crippen LogP contribution is -2.36. The summed E-state index contributed by atoms with van der Waals surface area (Å²) in [4.78, 5) is 14.4. The van der Waals surface area contributed by atoms with Crippen LogP contribution in [0.15, 0.2) is 24.4 Å². The van der Waals surface area contributed by atoms with Gasteiger partial charge in [-0.15, -0.1) is 0 Å². The van der Waals surface area contributed by atoms with E-state index in [-0.39, 0.29) is 5.54 Å². The fourth-order valence-corrected chi connectivity index (χ4v) is 0.954. The van der Waals surface area contributed by atoms with Crippen LogP contribution in [0.3, 0.4) is 0 Å². The maximum absolute atomic E-state index is 10.3. The summed E-state index contributed by atoms with van der Waals surface area (Å²) < 4.78 is 0. The second kappa shape index (κ2) is 3.34. The highest BCUT2D eigenvalue weighted by Gasteiger charge is 2.19. The Morgan fingerprint density at radius 1 is 1.50 bits per heavy atom. The zero-order valence-electron chi connectivity index (χ0n) is 7.24. The van der Waals surface area contributed by atoms with Crippen molar-refractivity contribution in [2.24, 2.45) is 0 Å². The third-order valence-corrected chi connectivity index (χ3v) is 1.73. The van der Waals surface area contributed by atoms with Crippen molar-refractivity contribution in [3.63, 3.8) is 0 Å². The molecule has 1 aromatic rings. The quantitative estimate of drug-likeness (QED) is 0.679. The molecule has 0 radical (unpaired) electrons. The molecule has 0 spiro atoms. The Hall–Kier alpha value is -1.38. The third kappa shape index (κ3) is 1.81. The second-order valence-corrected chi connectivity index (χ2v) is 3.10. The molecule has 1 aromatic heterocycles. The minimum absolute atomic E-state index is 0.386. The number of pyridine rings is 1. The molecule has 12 heavy (non-hydrogen) atoms. The van der Waals surface area contributed by atoms with E-state index in [4.69, 9.17) is 0 Å². The van der Waals surface area contributed by atoms with Crippen LogP contribution in [0, 0.1) is 0 Å². The average molecular weight is 164 g/mol. The summed E-state index contributed by atoms with van der Waals surface area (Å²) in [5, 5.41) is 2.70. The number of hydrogen-bond donors (Lipinski definition) is 1. The third-order valence-electron chi connectivity index (χ3n) is 1.73. The predicted octanol–water partition coefficient (Wildman–Crippen LogP) is 1.06. The van der Waals surface area contributed by atoms with E-state index >= 15 is 0 Å². The Balaban J connectivity index is 2.89. The number of carbonyl (C=O) groups is 1. The van der Waals surface area contributed by atoms with Gasteiger partial charge < -0.3 is 5.32 Å². The van der Waals surface area contributed by atoms with Crippen molar-refractivity contribution in [2.45, 2.75) is 19.4 Å². The topological polar surface area (TPSA) is 42.0 Å². The molecule has 3 nitrogen and oxygen atoms in total. The molecule has 0 aliphatic rings. The number of carbonyl (C=O) groups excluding carboxylic acids is 1. The molecule has 64 valence electrons. The van der Waals surface area contributed by atoms with Gasteiger partial charge in [-0.1, -0.05) is 6.07 Å². The molecule has 1 rings (SSSR count). The number of amides is 1. The molecule has 0 fully saturated rings. The van der Waals surface area contributed by atoms with Gasteiger partial charge in [0.1, 0.15) is 0 Å². The van der Waals surface area contributed by atoms with Crippen LogP contribution in [0.4, 0.5) is 0 Å². The molecule has 0 saturated carbocycles. The minimum Gasteiger partial charge on any atom is -0.348 e. The SMILES string of the molecule is CC(C)(NC=O)c1ccccn1. The van der Waals surface area contributed by atoms with E-state index in [1.807, 2.05) is 32.0 Å². The van der Waals surface area contributed by atoms with Crippen LogP contribution in [0.5, 0.6) is 0 Å². The van der Waals surface area contributed by atoms with E-state index in [0.717, 1.165) is 5.69 Å². The maximum atomic E-state index is 10.3. The Labute approximate surface area is 71.8 Å². The highest BCUT2D eigenvalue weighted by atomic mass is 16.1. The summed E-state index contributed by atoms with van der Waals surface area (Å²) >= 11 is 0. The van der Waals surface area contributed by atoms with Crippen LogP contribution in [-0.4, -0.2) is 11.4 Å². The van der Waals surface area contributed by atoms with E-state index in [0.29, 0.717) is 6.41 Å². The fourth-order valence-electron chi connectivity index (χ4n) is 0.954. The number of nitrogens with zero attached hydrogens (tertiary/aromatic N) is 1. The number of nitrogens with one attached hydrogen (secondary N) is 1. The van der Waals surface area contributed by atoms with Gasteiger partial charge in [-0.2, -0.15) is 0 Å². The van der Waals surface area contributed by atoms with Gasteiger partial charge in [0.15, 0.2) is 0 Å². The summed E-state index contributed by atoms with van der Waals surface area (Å²) in [6.07, 6.45) is 2.40. The van der Waals surface area contributed by atoms with Crippen molar-refractivity contribution in [3.8, 4) is 0 Å². The molecule has 0 aromatic carbocycles. The van der Waals surface area contributed by atoms with E-state index in [1.165, 1.54) is 0 Å². The van der Waals surface area contributed by atoms with Gasteiger partial charge >= 0.3 is 0 Å². The molecule has 0 aliphatic heterocycles. The first-order chi connectivity index (χ1) is 5.67. The molecule has 0 aliphatic carbocycles. The summed E-state index contributed by atoms with van der Waals surface area (Å²) in [5.41, 5.74) is 0.473. The largest absolute Gasteiger partial charge is 0.348 e. The molecule has 0 unspecified atom stereocenters. The van der Waals surface area contributed by atoms with Gasteiger partial charge in [0, 0.05) is 6.20 Å². The van der Waals surface area contributed by atoms with E-state index in [2.05, 4.69) is 10.3 Å². The van der Waals surface area contributed by atoms with Crippen molar-refractivity contribution in [2.75, 3.05) is 0 Å². The van der Waals surface area contributed by atoms with Crippen molar-refractivity contribution < 1.29 is 4.79 Å². The molecular formula is C9H12N2O. The molecule has 0 bridgehead atoms. The molecule has 0 saturated heterocycles. The average Bonchev–Trinajstić information content (AvgIpc) is 2.06. The van der Waals surface area contributed by atoms with Crippen LogP contribution in [0.25, 0.3) is 0 Å². The maximum Gasteiger partial charge on any atom is 0.207 e. The van der Waals surface area contributed by atoms with Crippen LogP contribution in [0.1, 0.15) is 19.5 Å². The normalized spacial score (nSPS) is 10.8. The Bertz CT molecular complexity index is 256. The summed E-state index contributed by atoms with van der Waals surface area (Å²) in [6, 6.07) is 5.63. The Morgan fingerprint density at radius 2 is 2.25 bits per heavy atom. The van der Waals surface area contributed by atoms with Crippen molar-refractivity contribution in [3.05, 3.63) is 30.1 Å². The highest BCUT2D eigenvalue weighted by Crippen LogP contribution is 2.15. The van der Waals surface area contributed by atoms with E-state index in [9.17, 15) is 4.79 Å². The van der Waals surface area contributed by atoms with Gasteiger partial charge in [-0.25, -0.2) is 0 Å². The zero-order valence-corrected chi connectivity index (χ0v) is 7.24. The summed E-state index contributed by atoms with van der Waals surface area (Å²) in [5.74, 6) is 0. The van der Waals surface area contributed by atoms with Crippen LogP contribution >= 0.6 is 0 Å². The van der Waals surface area contributed by atoms with Gasteiger partial charge in [0.2, 0.25) is 6.41 Å². The van der Waals surface area contributed by atoms with Gasteiger partial charge in [-0.3, -0.25) is 9.78 Å². The van der Waals surface area contributed by atoms with Crippen LogP contribution in [0.2, 0.25) is 0 Å². The highest BCUT2D eigenvalue weighted by molar-refractivity contribution is 5.48. The van der Waals surface area contributed by atoms with Gasteiger partial charge in [-0.05, 0) is 26.0 Å². The predicted molar refractivity (Wildman–Crippen MR) is 46.5 cm³/mol. The number of aromatic nitrogens is 1. The number of rotatable bonds is 3. The van der Waals surface area contributed by atoms with Crippen molar-refractivity contribution >= 4 is 6.41 Å². The first-order valence-corrected chi connectivity index (χ1v) is 3.79. The molecule has 3 heteroatoms. The first kappa shape index (κ1) is 8.71. The monoisotopic (exact) mass is 164 g/mol. The van der Waals surface area contributed by atoms with Gasteiger partial charge in [0.05, 0.1) is 11.2 Å². The Morgan fingerprint density at radius 3 is 2.75 bits per heavy atom. The lowest BCUT2D eigenvalue weighted by atomic mass is 10.0. The van der Waals surface area contributed by atoms with E-state index < -0.39 is 0 Å². The van der Waals surface area contributed by atoms with Gasteiger partial charge in [0.25, 0.3) is 0 Å². The molecule has 1 amide bonds. The number of hydrogen-bond acceptors (Lipinski definition) is 2. The lowest BCUT2D eigenvalue weighted by molar-refractivity contribution is -0.111. The second-order valence-electron chi connectivity index (χ2n) is 3.10. The lowest BCUT2D eigenvalue weighted by Gasteiger charge is -2.22. The fraction of sp³-hybridized carbons (Fsp3) is 0.333. The molecule has 1 heterocycles. The molecule has 1 N–H and O–H groups in total. The van der Waals surface area contributed by atoms with Crippen molar-refractivity contribution in [1.82, 2.24) is 10.3 Å². The summed E-state index contributed by atoms with van der Waals surface area (Å²) in [7, 11) is 0. The summed E-state index contributed by atoms with van der Waals surface area (Å²) in [6.45, 7) is 3.81. The van der Waals surface area contributed by atoms with Crippen LogP contribution in [-0.2, 0) is 10.3 Å². The van der Waals surface area contributed by atoms with E-state index in [1.54, 1.807) is 6.20 Å². The Kier molecular flexibility index (Phi) is 2.43. The molecule has 0 atom stereocenters. The first-order valence-electron chi connectivity index (χ1n) is 3.79. The minimum atomic E-state index is -0.386. The molecular weight excluding hydrogens is 152 g/mol. The van der Waals surface area contributed by atoms with Crippen molar-refractivity contribution in [1.29, 1.82) is 0 Å². The van der Waals surface area contributed by atoms with Crippen LogP contribution < -0.4 is 5.32 Å².